The summed E-state index contributed by atoms with van der Waals surface area (Å²) in [5.41, 5.74) is 16.7. The van der Waals surface area contributed by atoms with Crippen molar-refractivity contribution in [2.24, 2.45) is 32.6 Å². The van der Waals surface area contributed by atoms with Gasteiger partial charge in [0, 0.05) is 0 Å². The van der Waals surface area contributed by atoms with Crippen LogP contribution in [-0.4, -0.2) is 18.5 Å². The van der Waals surface area contributed by atoms with Crippen LogP contribution in [0, 0.1) is 5.41 Å². The summed E-state index contributed by atoms with van der Waals surface area (Å²) in [4.78, 5) is 7.67. The van der Waals surface area contributed by atoms with E-state index < -0.39 is 0 Å². The maximum Gasteiger partial charge on any atom is 0.223 e. The molecule has 0 aliphatic heterocycles. The molecule has 6 N–H and O–H groups in total. The van der Waals surface area contributed by atoms with E-state index in [1.54, 1.807) is 12.1 Å². The molecule has 0 aliphatic rings. The van der Waals surface area contributed by atoms with Crippen molar-refractivity contribution < 1.29 is 4.74 Å². The molecule has 1 rings (SSSR count). The minimum absolute atomic E-state index is 0.0170. The van der Waals surface area contributed by atoms with Crippen molar-refractivity contribution >= 4 is 17.6 Å². The lowest BCUT2D eigenvalue weighted by atomic mass is 9.99. The Bertz CT molecular complexity index is 467. The summed E-state index contributed by atoms with van der Waals surface area (Å²) >= 11 is 0. The van der Waals surface area contributed by atoms with Gasteiger partial charge < -0.3 is 21.9 Å². The summed E-state index contributed by atoms with van der Waals surface area (Å²) in [6.07, 6.45) is 0. The first kappa shape index (κ1) is 14.8. The van der Waals surface area contributed by atoms with Gasteiger partial charge in [-0.05, 0) is 29.7 Å². The van der Waals surface area contributed by atoms with Crippen LogP contribution in [0.1, 0.15) is 20.8 Å². The molecule has 0 atom stereocenters. The van der Waals surface area contributed by atoms with Gasteiger partial charge in [-0.3, -0.25) is 0 Å². The molecule has 0 aliphatic carbocycles. The minimum Gasteiger partial charge on any atom is -0.493 e. The second-order valence-corrected chi connectivity index (χ2v) is 5.35. The van der Waals surface area contributed by atoms with E-state index in [-0.39, 0.29) is 17.3 Å². The molecule has 0 bridgehead atoms. The van der Waals surface area contributed by atoms with Crippen molar-refractivity contribution in [1.82, 2.24) is 0 Å². The van der Waals surface area contributed by atoms with Crippen molar-refractivity contribution in [1.29, 1.82) is 0 Å². The molecule has 0 spiro atoms. The zero-order valence-corrected chi connectivity index (χ0v) is 11.6. The van der Waals surface area contributed by atoms with Gasteiger partial charge in [0.25, 0.3) is 0 Å². The average molecular weight is 263 g/mol. The Balaban J connectivity index is 2.69. The first-order valence-electron chi connectivity index (χ1n) is 5.93. The Morgan fingerprint density at radius 1 is 1.11 bits per heavy atom. The van der Waals surface area contributed by atoms with Crippen LogP contribution >= 0.6 is 0 Å². The van der Waals surface area contributed by atoms with Gasteiger partial charge in [0.2, 0.25) is 5.96 Å². The molecule has 6 heteroatoms. The summed E-state index contributed by atoms with van der Waals surface area (Å²) in [5, 5.41) is 0. The van der Waals surface area contributed by atoms with Crippen LogP contribution in [0.15, 0.2) is 34.3 Å². The van der Waals surface area contributed by atoms with Gasteiger partial charge in [0.15, 0.2) is 5.96 Å². The van der Waals surface area contributed by atoms with Gasteiger partial charge >= 0.3 is 0 Å². The summed E-state index contributed by atoms with van der Waals surface area (Å²) in [7, 11) is 0. The smallest absolute Gasteiger partial charge is 0.223 e. The number of guanidine groups is 2. The van der Waals surface area contributed by atoms with Gasteiger partial charge in [-0.2, -0.15) is 4.99 Å². The van der Waals surface area contributed by atoms with Crippen LogP contribution < -0.4 is 21.9 Å². The zero-order valence-electron chi connectivity index (χ0n) is 11.6. The van der Waals surface area contributed by atoms with E-state index in [4.69, 9.17) is 21.9 Å². The quantitative estimate of drug-likeness (QED) is 0.564. The molecule has 0 saturated heterocycles. The van der Waals surface area contributed by atoms with Gasteiger partial charge in [-0.1, -0.05) is 20.8 Å². The van der Waals surface area contributed by atoms with Gasteiger partial charge in [-0.25, -0.2) is 4.99 Å². The Labute approximate surface area is 113 Å². The van der Waals surface area contributed by atoms with Crippen LogP contribution in [0.3, 0.4) is 0 Å². The molecular weight excluding hydrogens is 242 g/mol. The van der Waals surface area contributed by atoms with Gasteiger partial charge in [-0.15, -0.1) is 0 Å². The fraction of sp³-hybridized carbons (Fsp3) is 0.385. The first-order valence-corrected chi connectivity index (χ1v) is 5.93. The highest BCUT2D eigenvalue weighted by atomic mass is 16.5. The normalized spacial score (nSPS) is 12.1. The average Bonchev–Trinajstić information content (AvgIpc) is 2.26. The molecule has 1 aromatic carbocycles. The number of hydrogen-bond donors (Lipinski definition) is 3. The number of nitrogens with zero attached hydrogens (tertiary/aromatic N) is 2. The molecule has 0 aromatic heterocycles. The largest absolute Gasteiger partial charge is 0.493 e. The fourth-order valence-corrected chi connectivity index (χ4v) is 1.21. The highest BCUT2D eigenvalue weighted by molar-refractivity contribution is 5.93. The third-order valence-electron chi connectivity index (χ3n) is 2.00. The zero-order chi connectivity index (χ0) is 14.5. The van der Waals surface area contributed by atoms with Crippen molar-refractivity contribution in [2.45, 2.75) is 20.8 Å². The SMILES string of the molecule is CC(C)(C)COc1ccc(N=C(N)N=C(N)N)cc1. The van der Waals surface area contributed by atoms with E-state index in [1.807, 2.05) is 12.1 Å². The van der Waals surface area contributed by atoms with Crippen molar-refractivity contribution in [3.63, 3.8) is 0 Å². The topological polar surface area (TPSA) is 112 Å². The summed E-state index contributed by atoms with van der Waals surface area (Å²) in [6.45, 7) is 6.98. The molecule has 104 valence electrons. The monoisotopic (exact) mass is 263 g/mol. The summed E-state index contributed by atoms with van der Waals surface area (Å²) in [6, 6.07) is 7.22. The van der Waals surface area contributed by atoms with Crippen molar-refractivity contribution in [3.05, 3.63) is 24.3 Å². The molecule has 6 nitrogen and oxygen atoms in total. The Kier molecular flexibility index (Phi) is 4.74. The second kappa shape index (κ2) is 6.08. The number of hydrogen-bond acceptors (Lipinski definition) is 2. The second-order valence-electron chi connectivity index (χ2n) is 5.35. The van der Waals surface area contributed by atoms with Crippen molar-refractivity contribution in [3.8, 4) is 5.75 Å². The Morgan fingerprint density at radius 2 is 1.68 bits per heavy atom. The van der Waals surface area contributed by atoms with Gasteiger partial charge in [0.05, 0.1) is 12.3 Å². The molecule has 0 saturated carbocycles. The molecule has 0 radical (unpaired) electrons. The molecular formula is C13H21N5O. The summed E-state index contributed by atoms with van der Waals surface area (Å²) in [5.74, 6) is 0.684. The number of aliphatic imine (C=N–C) groups is 2. The lowest BCUT2D eigenvalue weighted by Gasteiger charge is -2.18. The predicted molar refractivity (Wildman–Crippen MR) is 78.5 cm³/mol. The molecule has 0 fully saturated rings. The van der Waals surface area contributed by atoms with E-state index >= 15 is 0 Å². The molecule has 0 heterocycles. The maximum absolute atomic E-state index is 5.65. The minimum atomic E-state index is -0.119. The molecule has 19 heavy (non-hydrogen) atoms. The lowest BCUT2D eigenvalue weighted by molar-refractivity contribution is 0.198. The van der Waals surface area contributed by atoms with Crippen molar-refractivity contribution in [2.75, 3.05) is 6.61 Å². The third kappa shape index (κ3) is 6.30. The Morgan fingerprint density at radius 3 is 2.16 bits per heavy atom. The highest BCUT2D eigenvalue weighted by Crippen LogP contribution is 2.21. The standard InChI is InChI=1S/C13H21N5O/c1-13(2,3)8-19-10-6-4-9(5-7-10)17-12(16)18-11(14)15/h4-7H,8H2,1-3H3,(H6,14,15,16,17,18). The number of ether oxygens (including phenoxy) is 1. The van der Waals surface area contributed by atoms with E-state index in [1.165, 1.54) is 0 Å². The molecule has 0 unspecified atom stereocenters. The van der Waals surface area contributed by atoms with Crippen LogP contribution in [0.2, 0.25) is 0 Å². The predicted octanol–water partition coefficient (Wildman–Crippen LogP) is 1.33. The summed E-state index contributed by atoms with van der Waals surface area (Å²) < 4.78 is 5.65. The van der Waals surface area contributed by atoms with Crippen LogP contribution in [0.4, 0.5) is 5.69 Å². The van der Waals surface area contributed by atoms with Crippen LogP contribution in [-0.2, 0) is 0 Å². The number of nitrogens with two attached hydrogens (primary N) is 3. The van der Waals surface area contributed by atoms with Gasteiger partial charge in [0.1, 0.15) is 5.75 Å². The third-order valence-corrected chi connectivity index (χ3v) is 2.00. The highest BCUT2D eigenvalue weighted by Gasteiger charge is 2.10. The first-order chi connectivity index (χ1) is 8.76. The van der Waals surface area contributed by atoms with E-state index in [9.17, 15) is 0 Å². The van der Waals surface area contributed by atoms with E-state index in [0.717, 1.165) is 5.75 Å². The van der Waals surface area contributed by atoms with Crippen LogP contribution in [0.25, 0.3) is 0 Å². The number of benzene rings is 1. The number of rotatable bonds is 3. The molecule has 0 amide bonds. The fourth-order valence-electron chi connectivity index (χ4n) is 1.21. The van der Waals surface area contributed by atoms with E-state index in [2.05, 4.69) is 30.8 Å². The maximum atomic E-state index is 5.65. The van der Waals surface area contributed by atoms with E-state index in [0.29, 0.717) is 12.3 Å². The molecule has 1 aromatic rings. The Hall–Kier alpha value is -2.24. The van der Waals surface area contributed by atoms with Crippen LogP contribution in [0.5, 0.6) is 5.75 Å². The lowest BCUT2D eigenvalue weighted by Crippen LogP contribution is -2.26.